The third-order valence-electron chi connectivity index (χ3n) is 2.66. The first-order valence-electron chi connectivity index (χ1n) is 6.20. The molecule has 3 nitrogen and oxygen atoms in total. The molecule has 0 saturated heterocycles. The Labute approximate surface area is 103 Å². The first kappa shape index (κ1) is 13.7. The number of carbonyl (C=O) groups excluding carboxylic acids is 1. The number of benzene rings is 1. The Kier molecular flexibility index (Phi) is 5.70. The van der Waals surface area contributed by atoms with Gasteiger partial charge in [0.25, 0.3) is 5.91 Å². The lowest BCUT2D eigenvalue weighted by Gasteiger charge is -2.07. The average molecular weight is 234 g/mol. The van der Waals surface area contributed by atoms with Crippen LogP contribution in [0.15, 0.2) is 24.3 Å². The van der Waals surface area contributed by atoms with Crippen LogP contribution in [-0.4, -0.2) is 19.0 Å². The second kappa shape index (κ2) is 7.07. The molecular weight excluding hydrogens is 212 g/mol. The maximum Gasteiger partial charge on any atom is 0.251 e. The highest BCUT2D eigenvalue weighted by atomic mass is 16.1. The van der Waals surface area contributed by atoms with E-state index in [1.165, 1.54) is 5.56 Å². The third-order valence-corrected chi connectivity index (χ3v) is 2.66. The zero-order valence-corrected chi connectivity index (χ0v) is 10.7. The van der Waals surface area contributed by atoms with Crippen LogP contribution in [0.1, 0.15) is 36.2 Å². The van der Waals surface area contributed by atoms with E-state index in [9.17, 15) is 4.79 Å². The Morgan fingerprint density at radius 3 is 2.47 bits per heavy atom. The molecule has 3 N–H and O–H groups in total. The molecule has 0 aliphatic rings. The SMILES string of the molecule is CC(C)CCNC(=O)c1ccc(CCN)cc1. The second-order valence-corrected chi connectivity index (χ2v) is 4.67. The molecule has 0 bridgehead atoms. The van der Waals surface area contributed by atoms with E-state index in [2.05, 4.69) is 19.2 Å². The number of hydrogen-bond acceptors (Lipinski definition) is 2. The van der Waals surface area contributed by atoms with E-state index in [1.54, 1.807) is 0 Å². The van der Waals surface area contributed by atoms with Crippen LogP contribution in [0.5, 0.6) is 0 Å². The number of rotatable bonds is 6. The van der Waals surface area contributed by atoms with Gasteiger partial charge in [0.05, 0.1) is 0 Å². The van der Waals surface area contributed by atoms with Crippen molar-refractivity contribution in [1.29, 1.82) is 0 Å². The van der Waals surface area contributed by atoms with E-state index in [0.29, 0.717) is 12.5 Å². The number of hydrogen-bond donors (Lipinski definition) is 2. The standard InChI is InChI=1S/C14H22N2O/c1-11(2)8-10-16-14(17)13-5-3-12(4-6-13)7-9-15/h3-6,11H,7-10,15H2,1-2H3,(H,16,17). The quantitative estimate of drug-likeness (QED) is 0.790. The summed E-state index contributed by atoms with van der Waals surface area (Å²) in [5.74, 6) is 0.618. The molecule has 0 heterocycles. The van der Waals surface area contributed by atoms with Gasteiger partial charge in [0, 0.05) is 12.1 Å². The molecule has 0 unspecified atom stereocenters. The van der Waals surface area contributed by atoms with Crippen LogP contribution in [0.2, 0.25) is 0 Å². The van der Waals surface area contributed by atoms with Gasteiger partial charge in [0.1, 0.15) is 0 Å². The van der Waals surface area contributed by atoms with Gasteiger partial charge in [0.2, 0.25) is 0 Å². The number of amides is 1. The predicted octanol–water partition coefficient (Wildman–Crippen LogP) is 1.96. The summed E-state index contributed by atoms with van der Waals surface area (Å²) in [4.78, 5) is 11.8. The molecule has 17 heavy (non-hydrogen) atoms. The fourth-order valence-electron chi connectivity index (χ4n) is 1.57. The highest BCUT2D eigenvalue weighted by molar-refractivity contribution is 5.94. The summed E-state index contributed by atoms with van der Waals surface area (Å²) in [6.07, 6.45) is 1.87. The summed E-state index contributed by atoms with van der Waals surface area (Å²) in [7, 11) is 0. The molecule has 3 heteroatoms. The van der Waals surface area contributed by atoms with Crippen molar-refractivity contribution < 1.29 is 4.79 Å². The number of carbonyl (C=O) groups is 1. The summed E-state index contributed by atoms with van der Waals surface area (Å²) in [6.45, 7) is 5.67. The van der Waals surface area contributed by atoms with Crippen molar-refractivity contribution in [3.63, 3.8) is 0 Å². The normalized spacial score (nSPS) is 10.6. The van der Waals surface area contributed by atoms with Crippen LogP contribution < -0.4 is 11.1 Å². The van der Waals surface area contributed by atoms with Gasteiger partial charge in [-0.2, -0.15) is 0 Å². The van der Waals surface area contributed by atoms with Crippen LogP contribution >= 0.6 is 0 Å². The van der Waals surface area contributed by atoms with E-state index in [1.807, 2.05) is 24.3 Å². The molecular formula is C14H22N2O. The molecule has 0 aromatic heterocycles. The summed E-state index contributed by atoms with van der Waals surface area (Å²) in [5, 5.41) is 2.92. The molecule has 0 aliphatic heterocycles. The summed E-state index contributed by atoms with van der Waals surface area (Å²) >= 11 is 0. The minimum absolute atomic E-state index is 0.00458. The van der Waals surface area contributed by atoms with Gasteiger partial charge in [-0.3, -0.25) is 4.79 Å². The average Bonchev–Trinajstić information content (AvgIpc) is 2.30. The molecule has 94 valence electrons. The van der Waals surface area contributed by atoms with E-state index in [4.69, 9.17) is 5.73 Å². The molecule has 0 spiro atoms. The van der Waals surface area contributed by atoms with Crippen LogP contribution in [0.3, 0.4) is 0 Å². The number of nitrogens with one attached hydrogen (secondary N) is 1. The minimum Gasteiger partial charge on any atom is -0.352 e. The van der Waals surface area contributed by atoms with Crippen LogP contribution in [-0.2, 0) is 6.42 Å². The molecule has 1 aromatic carbocycles. The van der Waals surface area contributed by atoms with Gasteiger partial charge < -0.3 is 11.1 Å². The monoisotopic (exact) mass is 234 g/mol. The van der Waals surface area contributed by atoms with Crippen molar-refractivity contribution in [3.05, 3.63) is 35.4 Å². The van der Waals surface area contributed by atoms with Crippen molar-refractivity contribution in [2.24, 2.45) is 11.7 Å². The van der Waals surface area contributed by atoms with E-state index < -0.39 is 0 Å². The molecule has 1 rings (SSSR count). The molecule has 0 saturated carbocycles. The molecule has 0 radical (unpaired) electrons. The maximum absolute atomic E-state index is 11.8. The lowest BCUT2D eigenvalue weighted by atomic mass is 10.1. The predicted molar refractivity (Wildman–Crippen MR) is 71.0 cm³/mol. The van der Waals surface area contributed by atoms with Gasteiger partial charge in [-0.15, -0.1) is 0 Å². The van der Waals surface area contributed by atoms with Crippen molar-refractivity contribution in [2.45, 2.75) is 26.7 Å². The summed E-state index contributed by atoms with van der Waals surface area (Å²) in [5.41, 5.74) is 7.36. The minimum atomic E-state index is 0.00458. The Bertz CT molecular complexity index is 344. The Morgan fingerprint density at radius 2 is 1.94 bits per heavy atom. The third kappa shape index (κ3) is 5.00. The van der Waals surface area contributed by atoms with Crippen LogP contribution in [0, 0.1) is 5.92 Å². The lowest BCUT2D eigenvalue weighted by molar-refractivity contribution is 0.0952. The summed E-state index contributed by atoms with van der Waals surface area (Å²) < 4.78 is 0. The zero-order chi connectivity index (χ0) is 12.7. The zero-order valence-electron chi connectivity index (χ0n) is 10.7. The summed E-state index contributed by atoms with van der Waals surface area (Å²) in [6, 6.07) is 7.64. The highest BCUT2D eigenvalue weighted by Crippen LogP contribution is 2.05. The van der Waals surface area contributed by atoms with Gasteiger partial charge in [-0.25, -0.2) is 0 Å². The Balaban J connectivity index is 2.46. The fourth-order valence-corrected chi connectivity index (χ4v) is 1.57. The molecule has 1 amide bonds. The Hall–Kier alpha value is -1.35. The highest BCUT2D eigenvalue weighted by Gasteiger charge is 2.04. The Morgan fingerprint density at radius 1 is 1.29 bits per heavy atom. The van der Waals surface area contributed by atoms with Crippen molar-refractivity contribution in [1.82, 2.24) is 5.32 Å². The van der Waals surface area contributed by atoms with Gasteiger partial charge in [-0.1, -0.05) is 26.0 Å². The molecule has 0 aliphatic carbocycles. The first-order chi connectivity index (χ1) is 8.13. The smallest absolute Gasteiger partial charge is 0.251 e. The fraction of sp³-hybridized carbons (Fsp3) is 0.500. The van der Waals surface area contributed by atoms with Crippen molar-refractivity contribution >= 4 is 5.91 Å². The molecule has 0 atom stereocenters. The van der Waals surface area contributed by atoms with Crippen molar-refractivity contribution in [3.8, 4) is 0 Å². The largest absolute Gasteiger partial charge is 0.352 e. The van der Waals surface area contributed by atoms with Crippen LogP contribution in [0.4, 0.5) is 0 Å². The second-order valence-electron chi connectivity index (χ2n) is 4.67. The number of nitrogens with two attached hydrogens (primary N) is 1. The van der Waals surface area contributed by atoms with E-state index in [0.717, 1.165) is 24.9 Å². The topological polar surface area (TPSA) is 55.1 Å². The van der Waals surface area contributed by atoms with E-state index in [-0.39, 0.29) is 5.91 Å². The van der Waals surface area contributed by atoms with Crippen LogP contribution in [0.25, 0.3) is 0 Å². The van der Waals surface area contributed by atoms with Crippen molar-refractivity contribution in [2.75, 3.05) is 13.1 Å². The van der Waals surface area contributed by atoms with Gasteiger partial charge in [0.15, 0.2) is 0 Å². The van der Waals surface area contributed by atoms with Gasteiger partial charge >= 0.3 is 0 Å². The molecule has 1 aromatic rings. The first-order valence-corrected chi connectivity index (χ1v) is 6.20. The van der Waals surface area contributed by atoms with Gasteiger partial charge in [-0.05, 0) is 43.0 Å². The molecule has 0 fully saturated rings. The maximum atomic E-state index is 11.8. The van der Waals surface area contributed by atoms with E-state index >= 15 is 0 Å². The lowest BCUT2D eigenvalue weighted by Crippen LogP contribution is -2.25.